The Morgan fingerprint density at radius 3 is 2.75 bits per heavy atom. The summed E-state index contributed by atoms with van der Waals surface area (Å²) in [5.41, 5.74) is 2.89. The molecule has 4 nitrogen and oxygen atoms in total. The van der Waals surface area contributed by atoms with Gasteiger partial charge < -0.3 is 9.47 Å². The zero-order valence-corrected chi connectivity index (χ0v) is 16.5. The van der Waals surface area contributed by atoms with Gasteiger partial charge in [0.1, 0.15) is 11.1 Å². The van der Waals surface area contributed by atoms with Crippen molar-refractivity contribution >= 4 is 45.1 Å². The highest BCUT2D eigenvalue weighted by atomic mass is 127. The van der Waals surface area contributed by atoms with Gasteiger partial charge in [-0.15, -0.1) is 11.3 Å². The van der Waals surface area contributed by atoms with Crippen LogP contribution in [0.25, 0.3) is 0 Å². The lowest BCUT2D eigenvalue weighted by Crippen LogP contribution is -1.99. The molecule has 0 atom stereocenters. The van der Waals surface area contributed by atoms with Crippen molar-refractivity contribution in [1.29, 1.82) is 5.26 Å². The van der Waals surface area contributed by atoms with Crippen LogP contribution < -0.4 is 9.47 Å². The minimum atomic E-state index is 0.678. The van der Waals surface area contributed by atoms with Gasteiger partial charge in [0.2, 0.25) is 0 Å². The van der Waals surface area contributed by atoms with Crippen LogP contribution in [0.4, 0.5) is 5.00 Å². The summed E-state index contributed by atoms with van der Waals surface area (Å²) in [4.78, 5) is 5.92. The normalized spacial score (nSPS) is 13.6. The van der Waals surface area contributed by atoms with Crippen molar-refractivity contribution < 1.29 is 9.47 Å². The van der Waals surface area contributed by atoms with Crippen LogP contribution in [0.3, 0.4) is 0 Å². The molecule has 0 unspecified atom stereocenters. The molecule has 0 fully saturated rings. The molecule has 0 aliphatic heterocycles. The highest BCUT2D eigenvalue weighted by Crippen LogP contribution is 2.39. The van der Waals surface area contributed by atoms with Gasteiger partial charge in [-0.3, -0.25) is 0 Å². The summed E-state index contributed by atoms with van der Waals surface area (Å²) in [7, 11) is 3.25. The molecule has 1 aliphatic carbocycles. The third kappa shape index (κ3) is 3.28. The number of methoxy groups -OCH3 is 2. The van der Waals surface area contributed by atoms with Crippen LogP contribution in [-0.4, -0.2) is 20.4 Å². The topological polar surface area (TPSA) is 54.6 Å². The standard InChI is InChI=1S/C18H17IN2O2S/c1-22-15-8-11(7-14(19)17(15)23-2)10-21-18-13(9-20)12-5-3-4-6-16(12)24-18/h7-8,10H,3-6H2,1-2H3. The molecule has 24 heavy (non-hydrogen) atoms. The molecule has 1 aromatic carbocycles. The summed E-state index contributed by atoms with van der Waals surface area (Å²) >= 11 is 3.87. The fourth-order valence-corrected chi connectivity index (χ4v) is 4.93. The maximum Gasteiger partial charge on any atom is 0.174 e. The van der Waals surface area contributed by atoms with E-state index in [0.717, 1.165) is 44.7 Å². The summed E-state index contributed by atoms with van der Waals surface area (Å²) in [6, 6.07) is 6.23. The molecule has 1 heterocycles. The molecule has 0 amide bonds. The summed E-state index contributed by atoms with van der Waals surface area (Å²) in [6.45, 7) is 0. The van der Waals surface area contributed by atoms with Crippen molar-refractivity contribution in [3.63, 3.8) is 0 Å². The van der Waals surface area contributed by atoms with Crippen LogP contribution in [-0.2, 0) is 12.8 Å². The van der Waals surface area contributed by atoms with Crippen LogP contribution in [0.15, 0.2) is 17.1 Å². The average Bonchev–Trinajstić information content (AvgIpc) is 2.96. The predicted octanol–water partition coefficient (Wildman–Crippen LogP) is 4.87. The number of nitrogens with zero attached hydrogens (tertiary/aromatic N) is 2. The monoisotopic (exact) mass is 452 g/mol. The fraction of sp³-hybridized carbons (Fsp3) is 0.333. The van der Waals surface area contributed by atoms with E-state index in [4.69, 9.17) is 9.47 Å². The van der Waals surface area contributed by atoms with Gasteiger partial charge in [-0.25, -0.2) is 4.99 Å². The smallest absolute Gasteiger partial charge is 0.174 e. The van der Waals surface area contributed by atoms with Crippen LogP contribution >= 0.6 is 33.9 Å². The van der Waals surface area contributed by atoms with E-state index in [9.17, 15) is 5.26 Å². The zero-order valence-electron chi connectivity index (χ0n) is 13.6. The number of benzene rings is 1. The molecule has 0 bridgehead atoms. The summed E-state index contributed by atoms with van der Waals surface area (Å²) in [5, 5.41) is 10.3. The Labute approximate surface area is 159 Å². The van der Waals surface area contributed by atoms with E-state index in [1.165, 1.54) is 16.9 Å². The fourth-order valence-electron chi connectivity index (χ4n) is 2.90. The average molecular weight is 452 g/mol. The van der Waals surface area contributed by atoms with Crippen molar-refractivity contribution in [2.45, 2.75) is 25.7 Å². The van der Waals surface area contributed by atoms with Crippen molar-refractivity contribution in [1.82, 2.24) is 0 Å². The first-order valence-electron chi connectivity index (χ1n) is 7.68. The lowest BCUT2D eigenvalue weighted by Gasteiger charge is -2.10. The van der Waals surface area contributed by atoms with Gasteiger partial charge in [-0.2, -0.15) is 5.26 Å². The van der Waals surface area contributed by atoms with Gasteiger partial charge in [0.25, 0.3) is 0 Å². The molecule has 0 saturated heterocycles. The molecular weight excluding hydrogens is 435 g/mol. The number of nitriles is 1. The summed E-state index contributed by atoms with van der Waals surface area (Å²) in [6.07, 6.45) is 6.23. The van der Waals surface area contributed by atoms with Gasteiger partial charge in [0.05, 0.1) is 23.4 Å². The minimum Gasteiger partial charge on any atom is -0.493 e. The van der Waals surface area contributed by atoms with Gasteiger partial charge in [-0.1, -0.05) is 0 Å². The van der Waals surface area contributed by atoms with Crippen LogP contribution in [0.2, 0.25) is 0 Å². The van der Waals surface area contributed by atoms with Crippen LogP contribution in [0, 0.1) is 14.9 Å². The zero-order chi connectivity index (χ0) is 17.1. The Morgan fingerprint density at radius 2 is 2.04 bits per heavy atom. The second kappa shape index (κ2) is 7.53. The van der Waals surface area contributed by atoms with E-state index in [1.807, 2.05) is 12.1 Å². The summed E-state index contributed by atoms with van der Waals surface area (Å²) in [5.74, 6) is 1.40. The first-order valence-corrected chi connectivity index (χ1v) is 9.57. The SMILES string of the molecule is COc1cc(C=Nc2sc3c(c2C#N)CCCC3)cc(I)c1OC. The Morgan fingerprint density at radius 1 is 1.25 bits per heavy atom. The molecule has 0 saturated carbocycles. The third-order valence-electron chi connectivity index (χ3n) is 4.05. The van der Waals surface area contributed by atoms with E-state index in [-0.39, 0.29) is 0 Å². The molecule has 3 rings (SSSR count). The second-order valence-electron chi connectivity index (χ2n) is 5.50. The van der Waals surface area contributed by atoms with Crippen LogP contribution in [0.5, 0.6) is 11.5 Å². The number of fused-ring (bicyclic) bond motifs is 1. The van der Waals surface area contributed by atoms with E-state index >= 15 is 0 Å². The maximum absolute atomic E-state index is 9.50. The first kappa shape index (κ1) is 17.2. The molecular formula is C18H17IN2O2S. The molecule has 124 valence electrons. The van der Waals surface area contributed by atoms with Crippen molar-refractivity contribution in [2.75, 3.05) is 14.2 Å². The first-order chi connectivity index (χ1) is 11.7. The lowest BCUT2D eigenvalue weighted by molar-refractivity contribution is 0.353. The summed E-state index contributed by atoms with van der Waals surface area (Å²) < 4.78 is 11.7. The van der Waals surface area contributed by atoms with Crippen molar-refractivity contribution in [3.8, 4) is 17.6 Å². The van der Waals surface area contributed by atoms with Gasteiger partial charge in [0.15, 0.2) is 11.5 Å². The highest BCUT2D eigenvalue weighted by Gasteiger charge is 2.20. The third-order valence-corrected chi connectivity index (χ3v) is 6.05. The molecule has 0 N–H and O–H groups in total. The quantitative estimate of drug-likeness (QED) is 0.491. The van der Waals surface area contributed by atoms with E-state index < -0.39 is 0 Å². The largest absolute Gasteiger partial charge is 0.493 e. The second-order valence-corrected chi connectivity index (χ2v) is 7.75. The predicted molar refractivity (Wildman–Crippen MR) is 105 cm³/mol. The van der Waals surface area contributed by atoms with Gasteiger partial charge in [0, 0.05) is 11.1 Å². The molecule has 0 spiro atoms. The number of aryl methyl sites for hydroxylation is 1. The molecule has 6 heteroatoms. The van der Waals surface area contributed by atoms with E-state index in [1.54, 1.807) is 31.8 Å². The van der Waals surface area contributed by atoms with Gasteiger partial charge in [-0.05, 0) is 71.5 Å². The molecule has 1 aliphatic rings. The van der Waals surface area contributed by atoms with Crippen LogP contribution in [0.1, 0.15) is 34.4 Å². The molecule has 1 aromatic heterocycles. The minimum absolute atomic E-state index is 0.678. The van der Waals surface area contributed by atoms with E-state index in [2.05, 4.69) is 33.7 Å². The lowest BCUT2D eigenvalue weighted by atomic mass is 9.96. The molecule has 0 radical (unpaired) electrons. The Kier molecular flexibility index (Phi) is 5.41. The number of halogens is 1. The van der Waals surface area contributed by atoms with Crippen molar-refractivity contribution in [3.05, 3.63) is 37.3 Å². The number of thiophene rings is 1. The number of hydrogen-bond donors (Lipinski definition) is 0. The number of aliphatic imine (C=N–C) groups is 1. The number of ether oxygens (including phenoxy) is 2. The number of rotatable bonds is 4. The highest BCUT2D eigenvalue weighted by molar-refractivity contribution is 14.1. The Balaban J connectivity index is 1.96. The molecule has 2 aromatic rings. The number of hydrogen-bond acceptors (Lipinski definition) is 5. The Hall–Kier alpha value is -1.59. The van der Waals surface area contributed by atoms with E-state index in [0.29, 0.717) is 5.75 Å². The van der Waals surface area contributed by atoms with Gasteiger partial charge >= 0.3 is 0 Å². The van der Waals surface area contributed by atoms with Crippen molar-refractivity contribution in [2.24, 2.45) is 4.99 Å². The Bertz CT molecular complexity index is 837. The maximum atomic E-state index is 9.50.